The minimum Gasteiger partial charge on any atom is -0.491 e. The van der Waals surface area contributed by atoms with Crippen molar-refractivity contribution in [3.8, 4) is 5.75 Å². The first kappa shape index (κ1) is 16.8. The van der Waals surface area contributed by atoms with Gasteiger partial charge in [-0.15, -0.1) is 0 Å². The van der Waals surface area contributed by atoms with Crippen molar-refractivity contribution in [3.05, 3.63) is 40.8 Å². The zero-order valence-electron chi connectivity index (χ0n) is 13.9. The van der Waals surface area contributed by atoms with Crippen molar-refractivity contribution in [1.29, 1.82) is 0 Å². The number of ether oxygens (including phenoxy) is 1. The lowest BCUT2D eigenvalue weighted by Crippen LogP contribution is -2.41. The van der Waals surface area contributed by atoms with Crippen LogP contribution in [-0.4, -0.2) is 21.5 Å². The van der Waals surface area contributed by atoms with E-state index in [0.717, 1.165) is 5.39 Å². The molecule has 0 unspecified atom stereocenters. The number of rotatable bonds is 5. The predicted octanol–water partition coefficient (Wildman–Crippen LogP) is 4.19. The zero-order chi connectivity index (χ0) is 16.4. The van der Waals surface area contributed by atoms with E-state index in [4.69, 9.17) is 13.6 Å². The molecule has 0 aliphatic carbocycles. The van der Waals surface area contributed by atoms with E-state index in [9.17, 15) is 4.79 Å². The van der Waals surface area contributed by atoms with Crippen LogP contribution in [-0.2, 0) is 4.43 Å². The summed E-state index contributed by atoms with van der Waals surface area (Å²) in [6, 6.07) is 8.64. The molecule has 1 aromatic carbocycles. The first-order valence-electron chi connectivity index (χ1n) is 7.50. The van der Waals surface area contributed by atoms with Crippen LogP contribution in [0, 0.1) is 0 Å². The third kappa shape index (κ3) is 3.99. The summed E-state index contributed by atoms with van der Waals surface area (Å²) >= 11 is 0. The maximum Gasteiger partial charge on any atom is 0.336 e. The first-order chi connectivity index (χ1) is 10.2. The molecule has 4 nitrogen and oxygen atoms in total. The average molecular weight is 320 g/mol. The van der Waals surface area contributed by atoms with Crippen LogP contribution in [0.25, 0.3) is 11.0 Å². The third-order valence-corrected chi connectivity index (χ3v) is 8.75. The molecule has 1 heterocycles. The highest BCUT2D eigenvalue weighted by molar-refractivity contribution is 6.74. The Hall–Kier alpha value is -1.59. The minimum absolute atomic E-state index is 0.194. The predicted molar refractivity (Wildman–Crippen MR) is 91.1 cm³/mol. The molecular formula is C17H24O4Si. The molecule has 0 atom stereocenters. The van der Waals surface area contributed by atoms with Gasteiger partial charge in [-0.3, -0.25) is 0 Å². The molecule has 0 amide bonds. The summed E-state index contributed by atoms with van der Waals surface area (Å²) in [5.41, 5.74) is 0.182. The molecular weight excluding hydrogens is 296 g/mol. The summed E-state index contributed by atoms with van der Waals surface area (Å²) in [5.74, 6) is 0.681. The normalized spacial score (nSPS) is 12.6. The van der Waals surface area contributed by atoms with Gasteiger partial charge in [0.15, 0.2) is 8.32 Å². The van der Waals surface area contributed by atoms with Crippen LogP contribution in [0.2, 0.25) is 18.1 Å². The maximum absolute atomic E-state index is 11.2. The van der Waals surface area contributed by atoms with Gasteiger partial charge in [0.1, 0.15) is 17.9 Å². The van der Waals surface area contributed by atoms with Crippen molar-refractivity contribution >= 4 is 19.3 Å². The third-order valence-electron chi connectivity index (χ3n) is 4.22. The summed E-state index contributed by atoms with van der Waals surface area (Å²) in [7, 11) is -1.73. The van der Waals surface area contributed by atoms with E-state index in [1.807, 2.05) is 12.1 Å². The monoisotopic (exact) mass is 320 g/mol. The average Bonchev–Trinajstić information content (AvgIpc) is 2.42. The lowest BCUT2D eigenvalue weighted by Gasteiger charge is -2.36. The van der Waals surface area contributed by atoms with Gasteiger partial charge < -0.3 is 13.6 Å². The maximum atomic E-state index is 11.2. The summed E-state index contributed by atoms with van der Waals surface area (Å²) in [5, 5.41) is 1.07. The van der Waals surface area contributed by atoms with Gasteiger partial charge in [0.2, 0.25) is 0 Å². The van der Waals surface area contributed by atoms with Crippen molar-refractivity contribution < 1.29 is 13.6 Å². The van der Waals surface area contributed by atoms with Crippen LogP contribution in [0.3, 0.4) is 0 Å². The highest BCUT2D eigenvalue weighted by Crippen LogP contribution is 2.36. The Morgan fingerprint density at radius 2 is 1.77 bits per heavy atom. The van der Waals surface area contributed by atoms with Crippen molar-refractivity contribution in [2.45, 2.75) is 38.9 Å². The lowest BCUT2D eigenvalue weighted by atomic mass is 10.2. The summed E-state index contributed by atoms with van der Waals surface area (Å²) in [6.07, 6.45) is 0. The topological polar surface area (TPSA) is 48.7 Å². The molecule has 2 rings (SSSR count). The molecule has 5 heteroatoms. The fourth-order valence-corrected chi connectivity index (χ4v) is 2.83. The van der Waals surface area contributed by atoms with Crippen molar-refractivity contribution in [2.75, 3.05) is 13.2 Å². The molecule has 1 aromatic heterocycles. The van der Waals surface area contributed by atoms with Crippen LogP contribution in [0.5, 0.6) is 5.75 Å². The molecule has 22 heavy (non-hydrogen) atoms. The molecule has 0 spiro atoms. The zero-order valence-corrected chi connectivity index (χ0v) is 14.9. The SMILES string of the molecule is CC(C)(C)[Si](C)(C)OCCOc1ccc2ccc(=O)oc2c1. The van der Waals surface area contributed by atoms with Crippen molar-refractivity contribution in [1.82, 2.24) is 0 Å². The van der Waals surface area contributed by atoms with Crippen LogP contribution in [0.15, 0.2) is 39.5 Å². The second-order valence-corrected chi connectivity index (χ2v) is 11.7. The molecule has 0 fully saturated rings. The van der Waals surface area contributed by atoms with Gasteiger partial charge in [-0.05, 0) is 36.3 Å². The number of fused-ring (bicyclic) bond motifs is 1. The Balaban J connectivity index is 1.94. The van der Waals surface area contributed by atoms with Gasteiger partial charge in [0.25, 0.3) is 0 Å². The molecule has 0 bridgehead atoms. The largest absolute Gasteiger partial charge is 0.491 e. The molecule has 0 radical (unpaired) electrons. The quantitative estimate of drug-likeness (QED) is 0.471. The summed E-state index contributed by atoms with van der Waals surface area (Å²) < 4.78 is 16.9. The number of hydrogen-bond donors (Lipinski definition) is 0. The Kier molecular flexibility index (Phi) is 4.77. The number of benzene rings is 1. The summed E-state index contributed by atoms with van der Waals surface area (Å²) in [4.78, 5) is 11.2. The molecule has 0 saturated carbocycles. The smallest absolute Gasteiger partial charge is 0.336 e. The Labute approximate surface area is 132 Å². The van der Waals surface area contributed by atoms with Crippen molar-refractivity contribution in [2.24, 2.45) is 0 Å². The van der Waals surface area contributed by atoms with Gasteiger partial charge >= 0.3 is 5.63 Å². The van der Waals surface area contributed by atoms with E-state index in [2.05, 4.69) is 33.9 Å². The molecule has 0 N–H and O–H groups in total. The minimum atomic E-state index is -1.73. The van der Waals surface area contributed by atoms with Gasteiger partial charge in [-0.2, -0.15) is 0 Å². The van der Waals surface area contributed by atoms with Gasteiger partial charge in [-0.25, -0.2) is 4.79 Å². The van der Waals surface area contributed by atoms with Gasteiger partial charge in [0.05, 0.1) is 6.61 Å². The van der Waals surface area contributed by atoms with E-state index in [-0.39, 0.29) is 10.7 Å². The van der Waals surface area contributed by atoms with Gasteiger partial charge in [0, 0.05) is 17.5 Å². The Morgan fingerprint density at radius 3 is 2.45 bits per heavy atom. The number of hydrogen-bond acceptors (Lipinski definition) is 4. The summed E-state index contributed by atoms with van der Waals surface area (Å²) in [6.45, 7) is 12.1. The first-order valence-corrected chi connectivity index (χ1v) is 10.4. The molecule has 0 aliphatic rings. The Bertz CT molecular complexity index is 698. The second-order valence-electron chi connectivity index (χ2n) is 6.91. The van der Waals surface area contributed by atoms with E-state index in [1.54, 1.807) is 12.1 Å². The highest BCUT2D eigenvalue weighted by atomic mass is 28.4. The van der Waals surface area contributed by atoms with Crippen LogP contribution < -0.4 is 10.4 Å². The van der Waals surface area contributed by atoms with E-state index >= 15 is 0 Å². The van der Waals surface area contributed by atoms with Crippen LogP contribution in [0.4, 0.5) is 0 Å². The van der Waals surface area contributed by atoms with E-state index in [0.29, 0.717) is 24.5 Å². The van der Waals surface area contributed by atoms with E-state index in [1.165, 1.54) is 6.07 Å². The fourth-order valence-electron chi connectivity index (χ4n) is 1.80. The van der Waals surface area contributed by atoms with E-state index < -0.39 is 8.32 Å². The Morgan fingerprint density at radius 1 is 1.09 bits per heavy atom. The van der Waals surface area contributed by atoms with Crippen LogP contribution >= 0.6 is 0 Å². The molecule has 120 valence electrons. The van der Waals surface area contributed by atoms with Crippen molar-refractivity contribution in [3.63, 3.8) is 0 Å². The lowest BCUT2D eigenvalue weighted by molar-refractivity contribution is 0.203. The standard InChI is InChI=1S/C17H24O4Si/c1-17(2,3)22(4,5)20-11-10-19-14-8-6-13-7-9-16(18)21-15(13)12-14/h6-9,12H,10-11H2,1-5H3. The second kappa shape index (κ2) is 6.26. The molecule has 0 saturated heterocycles. The fraction of sp³-hybridized carbons (Fsp3) is 0.471. The molecule has 2 aromatic rings. The van der Waals surface area contributed by atoms with Crippen LogP contribution in [0.1, 0.15) is 20.8 Å². The molecule has 0 aliphatic heterocycles. The van der Waals surface area contributed by atoms with Gasteiger partial charge in [-0.1, -0.05) is 20.8 Å². The highest BCUT2D eigenvalue weighted by Gasteiger charge is 2.36.